The highest BCUT2D eigenvalue weighted by Crippen LogP contribution is 2.31. The molecule has 0 spiro atoms. The standard InChI is InChI=1S/C21H25BrN4O2/c1-14-4-5-15(2)26(14)21-23-16(3)18-12-17(22)13-19(20(18)24-21)28-11-8-25-6-9-27-10-7-25/h4-5,12-13H,6-11H2,1-3H3. The van der Waals surface area contributed by atoms with Gasteiger partial charge in [0.15, 0.2) is 0 Å². The summed E-state index contributed by atoms with van der Waals surface area (Å²) in [6.07, 6.45) is 0. The Balaban J connectivity index is 1.67. The molecule has 2 aromatic heterocycles. The SMILES string of the molecule is Cc1nc(-n2c(C)ccc2C)nc2c(OCCN3CCOCC3)cc(Br)cc12. The van der Waals surface area contributed by atoms with Crippen LogP contribution in [0.5, 0.6) is 5.75 Å². The van der Waals surface area contributed by atoms with Crippen molar-refractivity contribution < 1.29 is 9.47 Å². The van der Waals surface area contributed by atoms with Crippen molar-refractivity contribution in [2.45, 2.75) is 20.8 Å². The maximum Gasteiger partial charge on any atom is 0.235 e. The summed E-state index contributed by atoms with van der Waals surface area (Å²) in [5, 5.41) is 1.00. The molecule has 6 nitrogen and oxygen atoms in total. The van der Waals surface area contributed by atoms with Crippen molar-refractivity contribution in [2.75, 3.05) is 39.5 Å². The zero-order valence-electron chi connectivity index (χ0n) is 16.5. The number of halogens is 1. The highest BCUT2D eigenvalue weighted by Gasteiger charge is 2.15. The van der Waals surface area contributed by atoms with Crippen LogP contribution in [0.3, 0.4) is 0 Å². The molecule has 0 aliphatic carbocycles. The number of nitrogens with zero attached hydrogens (tertiary/aromatic N) is 4. The van der Waals surface area contributed by atoms with Crippen LogP contribution in [0.15, 0.2) is 28.7 Å². The fourth-order valence-electron chi connectivity index (χ4n) is 3.60. The molecule has 1 aliphatic rings. The van der Waals surface area contributed by atoms with Gasteiger partial charge in [0.05, 0.1) is 18.9 Å². The molecule has 0 amide bonds. The Hall–Kier alpha value is -1.96. The van der Waals surface area contributed by atoms with Crippen molar-refractivity contribution in [3.63, 3.8) is 0 Å². The maximum absolute atomic E-state index is 6.18. The van der Waals surface area contributed by atoms with E-state index in [2.05, 4.69) is 57.4 Å². The van der Waals surface area contributed by atoms with Crippen molar-refractivity contribution in [2.24, 2.45) is 0 Å². The number of benzene rings is 1. The van der Waals surface area contributed by atoms with E-state index in [4.69, 9.17) is 19.4 Å². The molecule has 0 saturated carbocycles. The van der Waals surface area contributed by atoms with Crippen LogP contribution in [0.25, 0.3) is 16.9 Å². The highest BCUT2D eigenvalue weighted by molar-refractivity contribution is 9.10. The minimum Gasteiger partial charge on any atom is -0.490 e. The molecule has 1 aliphatic heterocycles. The lowest BCUT2D eigenvalue weighted by molar-refractivity contribution is 0.0323. The van der Waals surface area contributed by atoms with Gasteiger partial charge in [0.2, 0.25) is 5.95 Å². The number of ether oxygens (including phenoxy) is 2. The Morgan fingerprint density at radius 1 is 1.07 bits per heavy atom. The maximum atomic E-state index is 6.18. The molecule has 1 saturated heterocycles. The van der Waals surface area contributed by atoms with E-state index in [1.165, 1.54) is 0 Å². The molecule has 0 unspecified atom stereocenters. The Morgan fingerprint density at radius 2 is 1.79 bits per heavy atom. The first-order valence-corrected chi connectivity index (χ1v) is 10.4. The van der Waals surface area contributed by atoms with Gasteiger partial charge in [-0.15, -0.1) is 0 Å². The second-order valence-electron chi connectivity index (χ2n) is 7.16. The van der Waals surface area contributed by atoms with Gasteiger partial charge in [0.25, 0.3) is 0 Å². The Morgan fingerprint density at radius 3 is 2.50 bits per heavy atom. The molecule has 3 heterocycles. The van der Waals surface area contributed by atoms with Gasteiger partial charge in [0.1, 0.15) is 17.9 Å². The number of hydrogen-bond acceptors (Lipinski definition) is 5. The van der Waals surface area contributed by atoms with E-state index >= 15 is 0 Å². The lowest BCUT2D eigenvalue weighted by Gasteiger charge is -2.26. The molecular weight excluding hydrogens is 420 g/mol. The minimum absolute atomic E-state index is 0.617. The van der Waals surface area contributed by atoms with Crippen LogP contribution < -0.4 is 4.74 Å². The average molecular weight is 445 g/mol. The van der Waals surface area contributed by atoms with Crippen molar-refractivity contribution in [1.82, 2.24) is 19.4 Å². The van der Waals surface area contributed by atoms with Crippen LogP contribution in [-0.4, -0.2) is 58.9 Å². The first-order valence-electron chi connectivity index (χ1n) is 9.59. The van der Waals surface area contributed by atoms with Crippen LogP contribution in [-0.2, 0) is 4.74 Å². The van der Waals surface area contributed by atoms with Gasteiger partial charge in [-0.3, -0.25) is 9.47 Å². The predicted molar refractivity (Wildman–Crippen MR) is 114 cm³/mol. The Kier molecular flexibility index (Phi) is 5.66. The fourth-order valence-corrected chi connectivity index (χ4v) is 4.04. The van der Waals surface area contributed by atoms with Crippen molar-refractivity contribution in [3.05, 3.63) is 45.8 Å². The largest absolute Gasteiger partial charge is 0.490 e. The Labute approximate surface area is 173 Å². The predicted octanol–water partition coefficient (Wildman–Crippen LogP) is 3.82. The molecule has 0 N–H and O–H groups in total. The van der Waals surface area contributed by atoms with Gasteiger partial charge in [-0.05, 0) is 45.0 Å². The lowest BCUT2D eigenvalue weighted by Crippen LogP contribution is -2.38. The Bertz CT molecular complexity index is 976. The summed E-state index contributed by atoms with van der Waals surface area (Å²) in [5.74, 6) is 1.47. The highest BCUT2D eigenvalue weighted by atomic mass is 79.9. The van der Waals surface area contributed by atoms with E-state index in [0.29, 0.717) is 12.6 Å². The quantitative estimate of drug-likeness (QED) is 0.598. The van der Waals surface area contributed by atoms with E-state index < -0.39 is 0 Å². The average Bonchev–Trinajstić information content (AvgIpc) is 3.01. The van der Waals surface area contributed by atoms with Gasteiger partial charge in [-0.1, -0.05) is 15.9 Å². The summed E-state index contributed by atoms with van der Waals surface area (Å²) >= 11 is 3.60. The summed E-state index contributed by atoms with van der Waals surface area (Å²) in [4.78, 5) is 12.0. The molecule has 0 atom stereocenters. The number of hydrogen-bond donors (Lipinski definition) is 0. The summed E-state index contributed by atoms with van der Waals surface area (Å²) in [5.41, 5.74) is 4.01. The molecule has 1 aromatic carbocycles. The lowest BCUT2D eigenvalue weighted by atomic mass is 10.2. The normalized spacial score (nSPS) is 15.3. The molecule has 0 radical (unpaired) electrons. The van der Waals surface area contributed by atoms with E-state index in [1.807, 2.05) is 13.0 Å². The second-order valence-corrected chi connectivity index (χ2v) is 8.08. The van der Waals surface area contributed by atoms with Crippen LogP contribution in [0, 0.1) is 20.8 Å². The summed E-state index contributed by atoms with van der Waals surface area (Å²) in [7, 11) is 0. The monoisotopic (exact) mass is 444 g/mol. The minimum atomic E-state index is 0.617. The third-order valence-electron chi connectivity index (χ3n) is 5.15. The number of aryl methyl sites for hydroxylation is 3. The zero-order chi connectivity index (χ0) is 19.7. The van der Waals surface area contributed by atoms with Crippen LogP contribution in [0.4, 0.5) is 0 Å². The molecule has 7 heteroatoms. The van der Waals surface area contributed by atoms with Crippen LogP contribution in [0.2, 0.25) is 0 Å². The van der Waals surface area contributed by atoms with Crippen molar-refractivity contribution >= 4 is 26.8 Å². The zero-order valence-corrected chi connectivity index (χ0v) is 18.1. The van der Waals surface area contributed by atoms with Gasteiger partial charge in [0, 0.05) is 40.9 Å². The summed E-state index contributed by atoms with van der Waals surface area (Å²) < 4.78 is 14.6. The fraction of sp³-hybridized carbons (Fsp3) is 0.429. The number of fused-ring (bicyclic) bond motifs is 1. The molecule has 1 fully saturated rings. The van der Waals surface area contributed by atoms with E-state index in [9.17, 15) is 0 Å². The molecule has 3 aromatic rings. The van der Waals surface area contributed by atoms with Gasteiger partial charge in [-0.2, -0.15) is 0 Å². The first kappa shape index (κ1) is 19.4. The summed E-state index contributed by atoms with van der Waals surface area (Å²) in [6, 6.07) is 8.21. The van der Waals surface area contributed by atoms with Crippen LogP contribution in [0.1, 0.15) is 17.1 Å². The molecule has 0 bridgehead atoms. The molecule has 4 rings (SSSR count). The topological polar surface area (TPSA) is 52.4 Å². The van der Waals surface area contributed by atoms with E-state index in [-0.39, 0.29) is 0 Å². The smallest absolute Gasteiger partial charge is 0.235 e. The van der Waals surface area contributed by atoms with Gasteiger partial charge in [-0.25, -0.2) is 9.97 Å². The molecule has 148 valence electrons. The third kappa shape index (κ3) is 3.92. The van der Waals surface area contributed by atoms with Gasteiger partial charge >= 0.3 is 0 Å². The van der Waals surface area contributed by atoms with Gasteiger partial charge < -0.3 is 9.47 Å². The number of rotatable bonds is 5. The van der Waals surface area contributed by atoms with E-state index in [0.717, 1.165) is 71.1 Å². The second kappa shape index (κ2) is 8.19. The van der Waals surface area contributed by atoms with Crippen molar-refractivity contribution in [3.8, 4) is 11.7 Å². The molecular formula is C21H25BrN4O2. The number of morpholine rings is 1. The van der Waals surface area contributed by atoms with Crippen LogP contribution >= 0.6 is 15.9 Å². The van der Waals surface area contributed by atoms with Crippen molar-refractivity contribution in [1.29, 1.82) is 0 Å². The van der Waals surface area contributed by atoms with E-state index in [1.54, 1.807) is 0 Å². The first-order chi connectivity index (χ1) is 13.5. The molecule has 28 heavy (non-hydrogen) atoms. The summed E-state index contributed by atoms with van der Waals surface area (Å²) in [6.45, 7) is 11.2. The number of aromatic nitrogens is 3. The third-order valence-corrected chi connectivity index (χ3v) is 5.61.